The summed E-state index contributed by atoms with van der Waals surface area (Å²) in [6.07, 6.45) is 3.32. The van der Waals surface area contributed by atoms with E-state index in [1.54, 1.807) is 72.6 Å². The minimum Gasteiger partial charge on any atom is -0.493 e. The van der Waals surface area contributed by atoms with Gasteiger partial charge in [-0.05, 0) is 47.0 Å². The number of non-ortho nitro benzene ring substituents is 1. The van der Waals surface area contributed by atoms with Crippen molar-refractivity contribution in [1.82, 2.24) is 15.0 Å². The molecular weight excluding hydrogens is 532 g/mol. The Morgan fingerprint density at radius 3 is 2.15 bits per heavy atom. The van der Waals surface area contributed by atoms with Crippen LogP contribution in [0, 0.1) is 10.1 Å². The number of esters is 1. The lowest BCUT2D eigenvalue weighted by Crippen LogP contribution is -2.08. The van der Waals surface area contributed by atoms with Crippen LogP contribution in [0.4, 0.5) is 5.69 Å². The smallest absolute Gasteiger partial charge is 0.339 e. The quantitative estimate of drug-likeness (QED) is 0.0797. The van der Waals surface area contributed by atoms with E-state index < -0.39 is 10.9 Å². The highest BCUT2D eigenvalue weighted by Crippen LogP contribution is 2.33. The number of nitro groups is 1. The molecule has 0 fully saturated rings. The number of hydrogen-bond donors (Lipinski definition) is 0. The Labute approximate surface area is 235 Å². The Morgan fingerprint density at radius 1 is 0.878 bits per heavy atom. The summed E-state index contributed by atoms with van der Waals surface area (Å²) in [5, 5.41) is 19.0. The van der Waals surface area contributed by atoms with Gasteiger partial charge >= 0.3 is 5.97 Å². The van der Waals surface area contributed by atoms with Crippen LogP contribution in [0.5, 0.6) is 23.0 Å². The van der Waals surface area contributed by atoms with Crippen LogP contribution in [0.15, 0.2) is 66.9 Å². The Kier molecular flexibility index (Phi) is 9.15. The Bertz CT molecular complexity index is 1560. The molecule has 0 saturated heterocycles. The van der Waals surface area contributed by atoms with Crippen LogP contribution in [0.3, 0.4) is 0 Å². The highest BCUT2D eigenvalue weighted by molar-refractivity contribution is 6.21. The lowest BCUT2D eigenvalue weighted by molar-refractivity contribution is -0.384. The van der Waals surface area contributed by atoms with Crippen LogP contribution < -0.4 is 18.9 Å². The molecule has 0 amide bonds. The van der Waals surface area contributed by atoms with Crippen LogP contribution in [0.2, 0.25) is 0 Å². The van der Waals surface area contributed by atoms with Crippen LogP contribution in [-0.2, 0) is 22.7 Å². The molecule has 12 heteroatoms. The maximum atomic E-state index is 13.4. The van der Waals surface area contributed by atoms with Crippen molar-refractivity contribution < 1.29 is 33.4 Å². The number of methoxy groups -OCH3 is 4. The van der Waals surface area contributed by atoms with Gasteiger partial charge in [-0.1, -0.05) is 29.5 Å². The molecule has 12 nitrogen and oxygen atoms in total. The van der Waals surface area contributed by atoms with E-state index >= 15 is 0 Å². The van der Waals surface area contributed by atoms with Gasteiger partial charge in [-0.25, -0.2) is 9.48 Å². The molecule has 4 rings (SSSR count). The summed E-state index contributed by atoms with van der Waals surface area (Å²) in [6.45, 7) is 0.213. The maximum Gasteiger partial charge on any atom is 0.339 e. The van der Waals surface area contributed by atoms with Crippen LogP contribution in [0.25, 0.3) is 11.6 Å². The highest BCUT2D eigenvalue weighted by atomic mass is 16.6. The van der Waals surface area contributed by atoms with Crippen molar-refractivity contribution in [1.29, 1.82) is 0 Å². The summed E-state index contributed by atoms with van der Waals surface area (Å²) in [5.74, 6) is 1.42. The second kappa shape index (κ2) is 13.1. The minimum atomic E-state index is -0.600. The third kappa shape index (κ3) is 6.98. The Morgan fingerprint density at radius 2 is 1.51 bits per heavy atom. The molecule has 0 unspecified atom stereocenters. The fourth-order valence-corrected chi connectivity index (χ4v) is 3.98. The van der Waals surface area contributed by atoms with Gasteiger partial charge in [0, 0.05) is 12.1 Å². The first-order chi connectivity index (χ1) is 19.8. The molecule has 0 aliphatic carbocycles. The number of carbonyl (C=O) groups excluding carboxylic acids is 1. The monoisotopic (exact) mass is 560 g/mol. The van der Waals surface area contributed by atoms with Crippen molar-refractivity contribution in [2.24, 2.45) is 0 Å². The molecule has 0 atom stereocenters. The largest absolute Gasteiger partial charge is 0.493 e. The average Bonchev–Trinajstić information content (AvgIpc) is 3.45. The van der Waals surface area contributed by atoms with Crippen LogP contribution in [-0.4, -0.2) is 54.3 Å². The minimum absolute atomic E-state index is 0.00589. The number of carbonyl (C=O) groups is 1. The van der Waals surface area contributed by atoms with Crippen molar-refractivity contribution in [2.75, 3.05) is 28.4 Å². The first-order valence-corrected chi connectivity index (χ1v) is 12.3. The fourth-order valence-electron chi connectivity index (χ4n) is 3.98. The number of aromatic nitrogens is 3. The summed E-state index contributed by atoms with van der Waals surface area (Å²) in [7, 11) is 6.12. The second-order valence-corrected chi connectivity index (χ2v) is 8.65. The van der Waals surface area contributed by atoms with E-state index in [1.165, 1.54) is 33.5 Å². The van der Waals surface area contributed by atoms with Crippen molar-refractivity contribution in [3.63, 3.8) is 0 Å². The van der Waals surface area contributed by atoms with E-state index in [0.29, 0.717) is 46.4 Å². The number of nitro benzene ring substituents is 1. The molecular formula is C29H28N4O8. The molecule has 3 aromatic carbocycles. The van der Waals surface area contributed by atoms with Gasteiger partial charge in [-0.2, -0.15) is 0 Å². The van der Waals surface area contributed by atoms with Gasteiger partial charge in [0.2, 0.25) is 0 Å². The molecule has 0 N–H and O–H groups in total. The first-order valence-electron chi connectivity index (χ1n) is 12.3. The standard InChI is InChI=1S/C29H28N4O8/c1-37-25-11-7-20(14-27(25)39-3)13-24(21-8-12-26(38-2)28(15-21)40-4)29(34)41-18-22-17-32(31-30-22)16-19-5-9-23(10-6-19)33(35)36/h5-15,17H,16,18H2,1-4H3/b24-13+. The molecule has 4 aromatic rings. The summed E-state index contributed by atoms with van der Waals surface area (Å²) in [4.78, 5) is 23.8. The number of nitrogens with zero attached hydrogens (tertiary/aromatic N) is 4. The number of hydrogen-bond acceptors (Lipinski definition) is 10. The normalized spacial score (nSPS) is 11.1. The van der Waals surface area contributed by atoms with Gasteiger partial charge in [0.15, 0.2) is 23.0 Å². The summed E-state index contributed by atoms with van der Waals surface area (Å²) in [6, 6.07) is 16.5. The third-order valence-electron chi connectivity index (χ3n) is 6.06. The van der Waals surface area contributed by atoms with Crippen LogP contribution in [0.1, 0.15) is 22.4 Å². The molecule has 0 spiro atoms. The van der Waals surface area contributed by atoms with Gasteiger partial charge in [0.25, 0.3) is 5.69 Å². The van der Waals surface area contributed by atoms with Crippen LogP contribution >= 0.6 is 0 Å². The SMILES string of the molecule is COc1ccc(/C=C(/C(=O)OCc2cn(Cc3ccc([N+](=O)[O-])cc3)nn2)c2ccc(OC)c(OC)c2)cc1OC. The fraction of sp³-hybridized carbons (Fsp3) is 0.207. The van der Waals surface area contributed by atoms with Gasteiger partial charge in [-0.3, -0.25) is 10.1 Å². The first kappa shape index (κ1) is 28.6. The van der Waals surface area contributed by atoms with Gasteiger partial charge in [0.1, 0.15) is 12.3 Å². The lowest BCUT2D eigenvalue weighted by Gasteiger charge is -2.13. The summed E-state index contributed by atoms with van der Waals surface area (Å²) >= 11 is 0. The lowest BCUT2D eigenvalue weighted by atomic mass is 10.0. The summed E-state index contributed by atoms with van der Waals surface area (Å²) in [5.41, 5.74) is 2.72. The zero-order valence-electron chi connectivity index (χ0n) is 22.9. The summed E-state index contributed by atoms with van der Waals surface area (Å²) < 4.78 is 28.7. The van der Waals surface area contributed by atoms with E-state index in [0.717, 1.165) is 5.56 Å². The predicted molar refractivity (Wildman–Crippen MR) is 149 cm³/mol. The van der Waals surface area contributed by atoms with Crippen molar-refractivity contribution in [2.45, 2.75) is 13.2 Å². The van der Waals surface area contributed by atoms with E-state index in [2.05, 4.69) is 10.3 Å². The molecule has 0 aliphatic rings. The number of benzene rings is 3. The molecule has 212 valence electrons. The van der Waals surface area contributed by atoms with E-state index in [9.17, 15) is 14.9 Å². The van der Waals surface area contributed by atoms with Crippen molar-refractivity contribution in [3.8, 4) is 23.0 Å². The van der Waals surface area contributed by atoms with E-state index in [-0.39, 0.29) is 17.9 Å². The third-order valence-corrected chi connectivity index (χ3v) is 6.06. The number of rotatable bonds is 12. The van der Waals surface area contributed by atoms with Gasteiger partial charge < -0.3 is 23.7 Å². The Hall–Kier alpha value is -5.39. The molecule has 0 radical (unpaired) electrons. The predicted octanol–water partition coefficient (Wildman–Crippen LogP) is 4.55. The molecule has 41 heavy (non-hydrogen) atoms. The molecule has 0 saturated carbocycles. The topological polar surface area (TPSA) is 137 Å². The van der Waals surface area contributed by atoms with Crippen molar-refractivity contribution in [3.05, 3.63) is 99.4 Å². The zero-order chi connectivity index (χ0) is 29.4. The van der Waals surface area contributed by atoms with E-state index in [4.69, 9.17) is 23.7 Å². The Balaban J connectivity index is 1.56. The van der Waals surface area contributed by atoms with Gasteiger partial charge in [0.05, 0.1) is 51.7 Å². The second-order valence-electron chi connectivity index (χ2n) is 8.65. The van der Waals surface area contributed by atoms with Gasteiger partial charge in [-0.15, -0.1) is 5.10 Å². The number of ether oxygens (including phenoxy) is 5. The molecule has 1 heterocycles. The zero-order valence-corrected chi connectivity index (χ0v) is 22.9. The van der Waals surface area contributed by atoms with Crippen molar-refractivity contribution >= 4 is 23.3 Å². The molecule has 1 aromatic heterocycles. The van der Waals surface area contributed by atoms with E-state index in [1.807, 2.05) is 0 Å². The highest BCUT2D eigenvalue weighted by Gasteiger charge is 2.18. The maximum absolute atomic E-state index is 13.4. The average molecular weight is 561 g/mol. The molecule has 0 aliphatic heterocycles. The molecule has 0 bridgehead atoms.